The molecule has 0 aliphatic carbocycles. The van der Waals surface area contributed by atoms with Crippen molar-refractivity contribution in [3.8, 4) is 16.9 Å². The number of hydrogen-bond acceptors (Lipinski definition) is 6. The molecule has 1 saturated heterocycles. The number of benzene rings is 2. The van der Waals surface area contributed by atoms with E-state index >= 15 is 0 Å². The molecule has 0 radical (unpaired) electrons. The fraction of sp³-hybridized carbons (Fsp3) is 0.222. The number of nitrogens with zero attached hydrogens (tertiary/aromatic N) is 1. The van der Waals surface area contributed by atoms with Crippen LogP contribution < -0.4 is 15.8 Å². The average molecular weight is 393 g/mol. The standard InChI is InChI=1S/C18H14F3N3O4/c19-18(20,21)28-11-3-1-9(2-4-11)12-5-10(6-22)14(13-7-23-17(25)27-13)16-15(12)24-8-26-16/h1-5,8,13H,6-7,22H2,(H,23,25). The molecule has 7 nitrogen and oxygen atoms in total. The summed E-state index contributed by atoms with van der Waals surface area (Å²) in [5.74, 6) is -0.327. The van der Waals surface area contributed by atoms with E-state index in [2.05, 4.69) is 15.0 Å². The van der Waals surface area contributed by atoms with E-state index in [9.17, 15) is 18.0 Å². The highest BCUT2D eigenvalue weighted by Crippen LogP contribution is 2.38. The van der Waals surface area contributed by atoms with E-state index in [1.165, 1.54) is 30.7 Å². The molecule has 1 unspecified atom stereocenters. The van der Waals surface area contributed by atoms with Gasteiger partial charge in [-0.25, -0.2) is 9.78 Å². The summed E-state index contributed by atoms with van der Waals surface area (Å²) >= 11 is 0. The minimum absolute atomic E-state index is 0.141. The van der Waals surface area contributed by atoms with E-state index in [0.29, 0.717) is 33.4 Å². The van der Waals surface area contributed by atoms with Gasteiger partial charge in [0.05, 0.1) is 6.54 Å². The second kappa shape index (κ2) is 6.71. The van der Waals surface area contributed by atoms with Gasteiger partial charge in [-0.3, -0.25) is 0 Å². The summed E-state index contributed by atoms with van der Waals surface area (Å²) in [6, 6.07) is 7.18. The molecule has 0 spiro atoms. The molecule has 2 aromatic carbocycles. The van der Waals surface area contributed by atoms with Gasteiger partial charge in [0.15, 0.2) is 18.1 Å². The van der Waals surface area contributed by atoms with E-state index in [1.807, 2.05) is 0 Å². The average Bonchev–Trinajstić information content (AvgIpc) is 3.29. The molecule has 0 saturated carbocycles. The lowest BCUT2D eigenvalue weighted by Gasteiger charge is -2.16. The summed E-state index contributed by atoms with van der Waals surface area (Å²) in [5, 5.41) is 2.58. The van der Waals surface area contributed by atoms with Crippen LogP contribution in [0, 0.1) is 0 Å². The molecule has 0 bridgehead atoms. The van der Waals surface area contributed by atoms with Crippen LogP contribution in [-0.4, -0.2) is 24.0 Å². The van der Waals surface area contributed by atoms with Crippen LogP contribution in [0.5, 0.6) is 5.75 Å². The maximum Gasteiger partial charge on any atom is 0.573 e. The number of amides is 1. The highest BCUT2D eigenvalue weighted by Gasteiger charge is 2.32. The SMILES string of the molecule is NCc1cc(-c2ccc(OC(F)(F)F)cc2)c2ncoc2c1C1CNC(=O)O1. The van der Waals surface area contributed by atoms with Crippen molar-refractivity contribution in [1.82, 2.24) is 10.3 Å². The molecule has 10 heteroatoms. The quantitative estimate of drug-likeness (QED) is 0.702. The van der Waals surface area contributed by atoms with Gasteiger partial charge in [0.2, 0.25) is 0 Å². The summed E-state index contributed by atoms with van der Waals surface area (Å²) < 4.78 is 51.7. The lowest BCUT2D eigenvalue weighted by Crippen LogP contribution is -2.16. The predicted molar refractivity (Wildman–Crippen MR) is 91.2 cm³/mol. The molecule has 4 rings (SSSR count). The third-order valence-corrected chi connectivity index (χ3v) is 4.35. The molecule has 1 atom stereocenters. The number of nitrogens with two attached hydrogens (primary N) is 1. The van der Waals surface area contributed by atoms with Crippen LogP contribution in [-0.2, 0) is 11.3 Å². The number of rotatable bonds is 4. The second-order valence-electron chi connectivity index (χ2n) is 6.08. The van der Waals surface area contributed by atoms with Gasteiger partial charge in [0.1, 0.15) is 11.3 Å². The number of ether oxygens (including phenoxy) is 2. The largest absolute Gasteiger partial charge is 0.573 e. The normalized spacial score (nSPS) is 16.9. The molecule has 1 aliphatic rings. The first-order valence-corrected chi connectivity index (χ1v) is 8.25. The first kappa shape index (κ1) is 18.1. The van der Waals surface area contributed by atoms with Crippen LogP contribution in [0.2, 0.25) is 0 Å². The van der Waals surface area contributed by atoms with Crippen molar-refractivity contribution in [3.05, 3.63) is 47.9 Å². The molecule has 1 fully saturated rings. The molecular formula is C18H14F3N3O4. The maximum atomic E-state index is 12.4. The third-order valence-electron chi connectivity index (χ3n) is 4.35. The number of aromatic nitrogens is 1. The Morgan fingerprint density at radius 2 is 2.04 bits per heavy atom. The van der Waals surface area contributed by atoms with Crippen LogP contribution in [0.3, 0.4) is 0 Å². The Bertz CT molecular complexity index is 1030. The molecule has 146 valence electrons. The predicted octanol–water partition coefficient (Wildman–Crippen LogP) is 3.63. The van der Waals surface area contributed by atoms with Crippen LogP contribution in [0.25, 0.3) is 22.2 Å². The molecule has 28 heavy (non-hydrogen) atoms. The number of carbonyl (C=O) groups excluding carboxylic acids is 1. The highest BCUT2D eigenvalue weighted by atomic mass is 19.4. The van der Waals surface area contributed by atoms with Crippen molar-refractivity contribution in [2.45, 2.75) is 19.0 Å². The van der Waals surface area contributed by atoms with Gasteiger partial charge in [0, 0.05) is 17.7 Å². The molecule has 1 aromatic heterocycles. The first-order chi connectivity index (χ1) is 13.4. The van der Waals surface area contributed by atoms with Crippen molar-refractivity contribution >= 4 is 17.2 Å². The fourth-order valence-electron chi connectivity index (χ4n) is 3.22. The Morgan fingerprint density at radius 3 is 2.64 bits per heavy atom. The Hall–Kier alpha value is -3.27. The van der Waals surface area contributed by atoms with Gasteiger partial charge in [-0.1, -0.05) is 12.1 Å². The van der Waals surface area contributed by atoms with E-state index in [1.54, 1.807) is 6.07 Å². The number of alkyl halides is 3. The van der Waals surface area contributed by atoms with E-state index < -0.39 is 18.6 Å². The third kappa shape index (κ3) is 3.33. The van der Waals surface area contributed by atoms with Crippen LogP contribution >= 0.6 is 0 Å². The lowest BCUT2D eigenvalue weighted by atomic mass is 9.94. The van der Waals surface area contributed by atoms with Gasteiger partial charge < -0.3 is 24.9 Å². The summed E-state index contributed by atoms with van der Waals surface area (Å²) in [7, 11) is 0. The summed E-state index contributed by atoms with van der Waals surface area (Å²) in [4.78, 5) is 15.6. The smallest absolute Gasteiger partial charge is 0.443 e. The Kier molecular flexibility index (Phi) is 4.34. The summed E-state index contributed by atoms with van der Waals surface area (Å²) in [6.45, 7) is 0.409. The number of halogens is 3. The van der Waals surface area contributed by atoms with Crippen LogP contribution in [0.15, 0.2) is 41.1 Å². The highest BCUT2D eigenvalue weighted by molar-refractivity contribution is 5.94. The minimum Gasteiger partial charge on any atom is -0.443 e. The number of hydrogen-bond donors (Lipinski definition) is 2. The van der Waals surface area contributed by atoms with Gasteiger partial charge in [-0.2, -0.15) is 0 Å². The number of carbonyl (C=O) groups is 1. The topological polar surface area (TPSA) is 99.6 Å². The number of cyclic esters (lactones) is 1. The Morgan fingerprint density at radius 1 is 1.29 bits per heavy atom. The first-order valence-electron chi connectivity index (χ1n) is 8.25. The zero-order valence-electron chi connectivity index (χ0n) is 14.2. The van der Waals surface area contributed by atoms with E-state index in [-0.39, 0.29) is 18.8 Å². The van der Waals surface area contributed by atoms with Crippen LogP contribution in [0.1, 0.15) is 17.2 Å². The maximum absolute atomic E-state index is 12.4. The van der Waals surface area contributed by atoms with Crippen LogP contribution in [0.4, 0.5) is 18.0 Å². The number of oxazole rings is 1. The Labute approximate surface area is 156 Å². The zero-order valence-corrected chi connectivity index (χ0v) is 14.2. The lowest BCUT2D eigenvalue weighted by molar-refractivity contribution is -0.274. The molecule has 2 heterocycles. The Balaban J connectivity index is 1.78. The van der Waals surface area contributed by atoms with Crippen molar-refractivity contribution in [1.29, 1.82) is 0 Å². The molecule has 3 aromatic rings. The fourth-order valence-corrected chi connectivity index (χ4v) is 3.22. The molecule has 1 amide bonds. The number of nitrogens with one attached hydrogen (secondary N) is 1. The monoisotopic (exact) mass is 393 g/mol. The van der Waals surface area contributed by atoms with Gasteiger partial charge in [-0.15, -0.1) is 13.2 Å². The van der Waals surface area contributed by atoms with Gasteiger partial charge in [-0.05, 0) is 29.3 Å². The van der Waals surface area contributed by atoms with E-state index in [4.69, 9.17) is 14.9 Å². The van der Waals surface area contributed by atoms with E-state index in [0.717, 1.165) is 0 Å². The van der Waals surface area contributed by atoms with Crippen molar-refractivity contribution in [3.63, 3.8) is 0 Å². The zero-order chi connectivity index (χ0) is 19.9. The summed E-state index contributed by atoms with van der Waals surface area (Å²) in [6.07, 6.45) is -4.62. The molecular weight excluding hydrogens is 379 g/mol. The second-order valence-corrected chi connectivity index (χ2v) is 6.08. The van der Waals surface area contributed by atoms with Crippen molar-refractivity contribution < 1.29 is 31.9 Å². The number of fused-ring (bicyclic) bond motifs is 1. The molecule has 1 aliphatic heterocycles. The molecule has 3 N–H and O–H groups in total. The van der Waals surface area contributed by atoms with Gasteiger partial charge >= 0.3 is 12.5 Å². The van der Waals surface area contributed by atoms with Crippen molar-refractivity contribution in [2.75, 3.05) is 6.54 Å². The van der Waals surface area contributed by atoms with Crippen molar-refractivity contribution in [2.24, 2.45) is 5.73 Å². The minimum atomic E-state index is -4.76. The summed E-state index contributed by atoms with van der Waals surface area (Å²) in [5.41, 5.74) is 9.32. The number of alkyl carbamates (subject to hydrolysis) is 1. The van der Waals surface area contributed by atoms with Gasteiger partial charge in [0.25, 0.3) is 0 Å².